The number of nitrogen functional groups attached to an aromatic ring is 1. The Bertz CT molecular complexity index is 495. The van der Waals surface area contributed by atoms with Crippen molar-refractivity contribution < 1.29 is 9.94 Å². The predicted molar refractivity (Wildman–Crippen MR) is 87.9 cm³/mol. The van der Waals surface area contributed by atoms with Gasteiger partial charge in [-0.2, -0.15) is 0 Å². The van der Waals surface area contributed by atoms with Crippen LogP contribution in [0, 0.1) is 6.92 Å². The van der Waals surface area contributed by atoms with Crippen molar-refractivity contribution in [2.45, 2.75) is 52.7 Å². The van der Waals surface area contributed by atoms with E-state index in [0.29, 0.717) is 12.2 Å². The molecular formula is C15H28N4O2. The molecule has 6 heteroatoms. The lowest BCUT2D eigenvalue weighted by molar-refractivity contribution is -0.130. The maximum Gasteiger partial charge on any atom is 0.118 e. The largest absolute Gasteiger partial charge is 0.397 e. The Morgan fingerprint density at radius 1 is 1.29 bits per heavy atom. The minimum Gasteiger partial charge on any atom is -0.397 e. The number of rotatable bonds is 6. The molecular weight excluding hydrogens is 268 g/mol. The third-order valence-electron chi connectivity index (χ3n) is 4.03. The quantitative estimate of drug-likeness (QED) is 0.365. The zero-order chi connectivity index (χ0) is 16.4. The van der Waals surface area contributed by atoms with Crippen LogP contribution in [0.5, 0.6) is 0 Å². The first-order valence-electron chi connectivity index (χ1n) is 7.09. The normalized spacial score (nSPS) is 12.4. The minimum absolute atomic E-state index is 0.606. The molecule has 0 aromatic heterocycles. The number of aliphatic hydroxyl groups is 1. The van der Waals surface area contributed by atoms with E-state index in [0.717, 1.165) is 16.9 Å². The highest BCUT2D eigenvalue weighted by atomic mass is 16.7. The maximum absolute atomic E-state index is 10.1. The van der Waals surface area contributed by atoms with Crippen molar-refractivity contribution in [3.8, 4) is 0 Å². The highest BCUT2D eigenvalue weighted by molar-refractivity contribution is 5.77. The lowest BCUT2D eigenvalue weighted by atomic mass is 9.90. The Morgan fingerprint density at radius 2 is 1.86 bits per heavy atom. The smallest absolute Gasteiger partial charge is 0.118 e. The summed E-state index contributed by atoms with van der Waals surface area (Å²) in [6, 6.07) is 3.70. The van der Waals surface area contributed by atoms with E-state index in [1.54, 1.807) is 18.9 Å². The van der Waals surface area contributed by atoms with Crippen LogP contribution in [0.1, 0.15) is 40.2 Å². The van der Waals surface area contributed by atoms with E-state index >= 15 is 0 Å². The molecule has 0 fully saturated rings. The summed E-state index contributed by atoms with van der Waals surface area (Å²) in [5, 5.41) is 11.7. The molecule has 0 bridgehead atoms. The van der Waals surface area contributed by atoms with Gasteiger partial charge in [0.15, 0.2) is 0 Å². The third-order valence-corrected chi connectivity index (χ3v) is 4.03. The van der Waals surface area contributed by atoms with E-state index in [4.69, 9.17) is 16.4 Å². The van der Waals surface area contributed by atoms with Gasteiger partial charge in [0.2, 0.25) is 0 Å². The third kappa shape index (κ3) is 3.78. The van der Waals surface area contributed by atoms with Gasteiger partial charge in [-0.25, -0.2) is 5.84 Å². The molecule has 0 atom stereocenters. The van der Waals surface area contributed by atoms with Gasteiger partial charge < -0.3 is 15.8 Å². The number of anilines is 3. The summed E-state index contributed by atoms with van der Waals surface area (Å²) >= 11 is 0. The monoisotopic (exact) mass is 296 g/mol. The lowest BCUT2D eigenvalue weighted by Gasteiger charge is -2.36. The average Bonchev–Trinajstić information content (AvgIpc) is 2.38. The number of hydrogen-bond donors (Lipinski definition) is 4. The standard InChI is InChI=1S/C15H28N4O2/c1-7-19(17)12-9-8-11(10(2)13(12)16)18-21-15(5,6)14(3,4)20/h8-9,18,20H,7,16-17H2,1-6H3. The fraction of sp³-hybridized carbons (Fsp3) is 0.600. The molecule has 0 spiro atoms. The molecule has 1 aromatic carbocycles. The number of hydrogen-bond acceptors (Lipinski definition) is 6. The molecule has 0 amide bonds. The van der Waals surface area contributed by atoms with Gasteiger partial charge >= 0.3 is 0 Å². The van der Waals surface area contributed by atoms with Crippen molar-refractivity contribution in [1.29, 1.82) is 0 Å². The van der Waals surface area contributed by atoms with Gasteiger partial charge in [-0.1, -0.05) is 0 Å². The average molecular weight is 296 g/mol. The van der Waals surface area contributed by atoms with Crippen LogP contribution in [0.15, 0.2) is 12.1 Å². The van der Waals surface area contributed by atoms with Crippen molar-refractivity contribution in [3.63, 3.8) is 0 Å². The molecule has 120 valence electrons. The van der Waals surface area contributed by atoms with Crippen molar-refractivity contribution in [3.05, 3.63) is 17.7 Å². The topological polar surface area (TPSA) is 96.8 Å². The Balaban J connectivity index is 2.95. The van der Waals surface area contributed by atoms with Crippen molar-refractivity contribution in [2.24, 2.45) is 5.84 Å². The summed E-state index contributed by atoms with van der Waals surface area (Å²) in [5.41, 5.74) is 10.2. The number of benzene rings is 1. The molecule has 6 N–H and O–H groups in total. The van der Waals surface area contributed by atoms with E-state index in [1.165, 1.54) is 0 Å². The van der Waals surface area contributed by atoms with E-state index in [2.05, 4.69) is 5.48 Å². The Morgan fingerprint density at radius 3 is 2.33 bits per heavy atom. The molecule has 0 aliphatic rings. The van der Waals surface area contributed by atoms with E-state index in [9.17, 15) is 5.11 Å². The molecule has 1 aromatic rings. The Hall–Kier alpha value is -1.50. The van der Waals surface area contributed by atoms with Crippen LogP contribution in [0.25, 0.3) is 0 Å². The zero-order valence-electron chi connectivity index (χ0n) is 13.8. The molecule has 21 heavy (non-hydrogen) atoms. The fourth-order valence-electron chi connectivity index (χ4n) is 1.55. The van der Waals surface area contributed by atoms with Crippen LogP contribution >= 0.6 is 0 Å². The zero-order valence-corrected chi connectivity index (χ0v) is 13.8. The van der Waals surface area contributed by atoms with Gasteiger partial charge in [0.25, 0.3) is 0 Å². The fourth-order valence-corrected chi connectivity index (χ4v) is 1.55. The molecule has 0 saturated heterocycles. The van der Waals surface area contributed by atoms with E-state index in [-0.39, 0.29) is 0 Å². The first kappa shape index (κ1) is 17.6. The van der Waals surface area contributed by atoms with Gasteiger partial charge in [-0.3, -0.25) is 10.3 Å². The van der Waals surface area contributed by atoms with E-state index < -0.39 is 11.2 Å². The van der Waals surface area contributed by atoms with Crippen molar-refractivity contribution >= 4 is 17.1 Å². The summed E-state index contributed by atoms with van der Waals surface area (Å²) in [7, 11) is 0. The van der Waals surface area contributed by atoms with Crippen LogP contribution in [0.4, 0.5) is 17.1 Å². The van der Waals surface area contributed by atoms with Crippen molar-refractivity contribution in [2.75, 3.05) is 22.8 Å². The highest BCUT2D eigenvalue weighted by Crippen LogP contribution is 2.32. The second kappa shape index (κ2) is 6.09. The summed E-state index contributed by atoms with van der Waals surface area (Å²) in [4.78, 5) is 5.64. The maximum atomic E-state index is 10.1. The molecule has 1 rings (SSSR count). The van der Waals surface area contributed by atoms with E-state index in [1.807, 2.05) is 39.8 Å². The molecule has 0 unspecified atom stereocenters. The highest BCUT2D eigenvalue weighted by Gasteiger charge is 2.37. The number of hydrazine groups is 1. The molecule has 0 saturated carbocycles. The predicted octanol–water partition coefficient (Wildman–Crippen LogP) is 2.17. The van der Waals surface area contributed by atoms with Gasteiger partial charge in [0.05, 0.1) is 22.7 Å². The summed E-state index contributed by atoms with van der Waals surface area (Å²) in [5.74, 6) is 5.88. The summed E-state index contributed by atoms with van der Waals surface area (Å²) < 4.78 is 0. The molecule has 0 aliphatic heterocycles. The van der Waals surface area contributed by atoms with Gasteiger partial charge in [-0.15, -0.1) is 0 Å². The van der Waals surface area contributed by atoms with Gasteiger partial charge in [0, 0.05) is 6.54 Å². The van der Waals surface area contributed by atoms with Crippen LogP contribution in [0.2, 0.25) is 0 Å². The van der Waals surface area contributed by atoms with Crippen molar-refractivity contribution in [1.82, 2.24) is 0 Å². The second-order valence-corrected chi connectivity index (χ2v) is 6.23. The van der Waals surface area contributed by atoms with Crippen LogP contribution in [-0.2, 0) is 4.84 Å². The first-order valence-corrected chi connectivity index (χ1v) is 7.09. The van der Waals surface area contributed by atoms with Crippen LogP contribution < -0.4 is 22.1 Å². The first-order chi connectivity index (χ1) is 9.51. The van der Waals surface area contributed by atoms with Gasteiger partial charge in [0.1, 0.15) is 5.60 Å². The molecule has 0 radical (unpaired) electrons. The summed E-state index contributed by atoms with van der Waals surface area (Å²) in [6.45, 7) is 11.5. The number of nitrogens with zero attached hydrogens (tertiary/aromatic N) is 1. The second-order valence-electron chi connectivity index (χ2n) is 6.23. The van der Waals surface area contributed by atoms with Crippen LogP contribution in [0.3, 0.4) is 0 Å². The van der Waals surface area contributed by atoms with Crippen LogP contribution in [-0.4, -0.2) is 22.9 Å². The Kier molecular flexibility index (Phi) is 5.09. The molecule has 0 heterocycles. The molecule has 0 aliphatic carbocycles. The lowest BCUT2D eigenvalue weighted by Crippen LogP contribution is -2.48. The number of nitrogens with two attached hydrogens (primary N) is 2. The molecule has 6 nitrogen and oxygen atoms in total. The summed E-state index contributed by atoms with van der Waals surface area (Å²) in [6.07, 6.45) is 0. The number of nitrogens with one attached hydrogen (secondary N) is 1. The van der Waals surface area contributed by atoms with Gasteiger partial charge in [-0.05, 0) is 59.2 Å². The Labute approximate surface area is 127 Å². The minimum atomic E-state index is -0.990. The SMILES string of the molecule is CCN(N)c1ccc(NOC(C)(C)C(C)(C)O)c(C)c1N.